The van der Waals surface area contributed by atoms with Gasteiger partial charge in [0.15, 0.2) is 0 Å². The van der Waals surface area contributed by atoms with Gasteiger partial charge in [0, 0.05) is 9.52 Å². The van der Waals surface area contributed by atoms with Gasteiger partial charge < -0.3 is 0 Å². The van der Waals surface area contributed by atoms with Crippen molar-refractivity contribution >= 4 is 26.5 Å². The second kappa shape index (κ2) is 14.4. The summed E-state index contributed by atoms with van der Waals surface area (Å²) in [5.41, 5.74) is 6.23. The van der Waals surface area contributed by atoms with Crippen LogP contribution in [-0.4, -0.2) is 9.52 Å². The first-order valence-electron chi connectivity index (χ1n) is 9.01. The Kier molecular flexibility index (Phi) is 15.8. The van der Waals surface area contributed by atoms with Crippen LogP contribution >= 0.6 is 17.0 Å². The van der Waals surface area contributed by atoms with Crippen molar-refractivity contribution in [1.82, 2.24) is 0 Å². The van der Waals surface area contributed by atoms with E-state index in [2.05, 4.69) is 105 Å². The molecule has 147 valence electrons. The Morgan fingerprint density at radius 3 is 1.04 bits per heavy atom. The van der Waals surface area contributed by atoms with Gasteiger partial charge in [-0.1, -0.05) is 68.5 Å². The fourth-order valence-corrected chi connectivity index (χ4v) is 2.06. The van der Waals surface area contributed by atoms with Gasteiger partial charge in [-0.25, -0.2) is 24.3 Å². The molecular formula is C22H37Cl2SiZr. The molecular weight excluding hydrogens is 454 g/mol. The zero-order chi connectivity index (χ0) is 21.0. The summed E-state index contributed by atoms with van der Waals surface area (Å²) < 4.78 is 0. The van der Waals surface area contributed by atoms with E-state index in [1.165, 1.54) is 22.3 Å². The third-order valence-electron chi connectivity index (χ3n) is 3.55. The average molecular weight is 492 g/mol. The topological polar surface area (TPSA) is 0 Å². The molecule has 0 amide bonds. The Hall–Kier alpha value is 0.380. The number of hydrogen-bond acceptors (Lipinski definition) is 0. The molecule has 2 aromatic carbocycles. The maximum atomic E-state index is 4.93. The van der Waals surface area contributed by atoms with E-state index in [-0.39, 0.29) is 0 Å². The average Bonchev–Trinajstić information content (AvgIpc) is 3.09. The fourth-order valence-electron chi connectivity index (χ4n) is 2.06. The zero-order valence-corrected chi connectivity index (χ0v) is 23.4. The van der Waals surface area contributed by atoms with Gasteiger partial charge in [0.2, 0.25) is 0 Å². The quantitative estimate of drug-likeness (QED) is 0.259. The SMILES string of the molecule is C[SiH]C.Cc1ccc(C(C)(C)C)[cH-]1.Cc1ccc(C(C)(C)C)[cH-]1.[Cl][Zr+2][Cl]. The van der Waals surface area contributed by atoms with Gasteiger partial charge in [-0.3, -0.25) is 0 Å². The van der Waals surface area contributed by atoms with Gasteiger partial charge in [-0.05, 0) is 10.8 Å². The van der Waals surface area contributed by atoms with Crippen molar-refractivity contribution in [3.05, 3.63) is 58.7 Å². The molecule has 0 saturated heterocycles. The van der Waals surface area contributed by atoms with E-state index in [1.807, 2.05) is 0 Å². The fraction of sp³-hybridized carbons (Fsp3) is 0.545. The van der Waals surface area contributed by atoms with Crippen LogP contribution in [0.3, 0.4) is 0 Å². The molecule has 4 heteroatoms. The minimum atomic E-state index is -0.826. The molecule has 0 saturated carbocycles. The second-order valence-corrected chi connectivity index (χ2v) is 13.4. The minimum absolute atomic E-state index is 0.314. The summed E-state index contributed by atoms with van der Waals surface area (Å²) in [6.45, 7) is 22.1. The molecule has 0 nitrogen and oxygen atoms in total. The van der Waals surface area contributed by atoms with E-state index in [4.69, 9.17) is 17.0 Å². The molecule has 26 heavy (non-hydrogen) atoms. The van der Waals surface area contributed by atoms with Crippen LogP contribution < -0.4 is 0 Å². The predicted molar refractivity (Wildman–Crippen MR) is 122 cm³/mol. The summed E-state index contributed by atoms with van der Waals surface area (Å²) >= 11 is -0.826. The van der Waals surface area contributed by atoms with Crippen molar-refractivity contribution in [3.63, 3.8) is 0 Å². The van der Waals surface area contributed by atoms with Crippen molar-refractivity contribution in [3.8, 4) is 0 Å². The van der Waals surface area contributed by atoms with Crippen molar-refractivity contribution in [2.45, 2.75) is 79.3 Å². The third kappa shape index (κ3) is 14.4. The van der Waals surface area contributed by atoms with Gasteiger partial charge in [0.1, 0.15) is 0 Å². The van der Waals surface area contributed by atoms with Gasteiger partial charge >= 0.3 is 37.9 Å². The molecule has 0 unspecified atom stereocenters. The van der Waals surface area contributed by atoms with E-state index in [9.17, 15) is 0 Å². The molecule has 0 heterocycles. The molecule has 2 aromatic rings. The molecule has 2 rings (SSSR count). The van der Waals surface area contributed by atoms with E-state index in [0.29, 0.717) is 10.8 Å². The summed E-state index contributed by atoms with van der Waals surface area (Å²) in [6, 6.07) is 13.2. The summed E-state index contributed by atoms with van der Waals surface area (Å²) in [5, 5.41) is 0. The van der Waals surface area contributed by atoms with Crippen LogP contribution in [0.1, 0.15) is 63.8 Å². The Balaban J connectivity index is 0. The van der Waals surface area contributed by atoms with Gasteiger partial charge in [-0.2, -0.15) is 34.4 Å². The number of aryl methyl sites for hydroxylation is 2. The maximum absolute atomic E-state index is 4.93. The number of halogens is 2. The first-order chi connectivity index (χ1) is 11.8. The molecule has 0 aromatic heterocycles. The van der Waals surface area contributed by atoms with Crippen LogP contribution in [0, 0.1) is 13.8 Å². The first-order valence-corrected chi connectivity index (χ1v) is 17.6. The first kappa shape index (κ1) is 28.6. The Labute approximate surface area is 184 Å². The summed E-state index contributed by atoms with van der Waals surface area (Å²) in [5.74, 6) is 0. The van der Waals surface area contributed by atoms with Gasteiger partial charge in [-0.15, -0.1) is 0 Å². The molecule has 0 bridgehead atoms. The van der Waals surface area contributed by atoms with E-state index < -0.39 is 20.8 Å². The van der Waals surface area contributed by atoms with Crippen LogP contribution in [0.2, 0.25) is 13.1 Å². The molecule has 0 aliphatic heterocycles. The molecule has 0 N–H and O–H groups in total. The molecule has 0 aliphatic carbocycles. The van der Waals surface area contributed by atoms with Crippen LogP contribution in [0.4, 0.5) is 0 Å². The Morgan fingerprint density at radius 2 is 0.962 bits per heavy atom. The molecule has 0 aliphatic rings. The summed E-state index contributed by atoms with van der Waals surface area (Å²) in [6.07, 6.45) is 0. The van der Waals surface area contributed by atoms with Crippen molar-refractivity contribution in [2.75, 3.05) is 0 Å². The van der Waals surface area contributed by atoms with Crippen molar-refractivity contribution < 1.29 is 20.8 Å². The van der Waals surface area contributed by atoms with E-state index in [1.54, 1.807) is 0 Å². The molecule has 0 spiro atoms. The standard InChI is InChI=1S/2C10H15.C2H7Si.2ClH.Zr/c2*1-8-5-6-9(7-8)10(2,3)4;1-3-2;;;/h2*5-7H,1-4H3;3H,1-2H3;2*1H;/q2*-1;;;;+4/p-2. The van der Waals surface area contributed by atoms with E-state index >= 15 is 0 Å². The summed E-state index contributed by atoms with van der Waals surface area (Å²) in [4.78, 5) is 0. The van der Waals surface area contributed by atoms with Crippen LogP contribution in [0.5, 0.6) is 0 Å². The Morgan fingerprint density at radius 1 is 0.731 bits per heavy atom. The van der Waals surface area contributed by atoms with E-state index in [0.717, 1.165) is 9.52 Å². The normalized spacial score (nSPS) is 10.3. The third-order valence-corrected chi connectivity index (χ3v) is 3.55. The summed E-state index contributed by atoms with van der Waals surface area (Å²) in [7, 11) is 10.6. The van der Waals surface area contributed by atoms with Crippen LogP contribution in [0.25, 0.3) is 0 Å². The second-order valence-electron chi connectivity index (χ2n) is 8.50. The van der Waals surface area contributed by atoms with Crippen LogP contribution in [0.15, 0.2) is 36.4 Å². The molecule has 0 fully saturated rings. The van der Waals surface area contributed by atoms with Crippen molar-refractivity contribution in [2.24, 2.45) is 0 Å². The molecule has 1 radical (unpaired) electrons. The van der Waals surface area contributed by atoms with Gasteiger partial charge in [0.05, 0.1) is 0 Å². The number of hydrogen-bond donors (Lipinski definition) is 0. The van der Waals surface area contributed by atoms with Gasteiger partial charge in [0.25, 0.3) is 0 Å². The predicted octanol–water partition coefficient (Wildman–Crippen LogP) is 7.92. The van der Waals surface area contributed by atoms with Crippen LogP contribution in [-0.2, 0) is 31.7 Å². The number of rotatable bonds is 0. The molecule has 0 atom stereocenters. The van der Waals surface area contributed by atoms with Crippen molar-refractivity contribution in [1.29, 1.82) is 0 Å². The Bertz CT molecular complexity index is 519. The monoisotopic (exact) mass is 489 g/mol. The zero-order valence-electron chi connectivity index (χ0n) is 18.3.